The summed E-state index contributed by atoms with van der Waals surface area (Å²) in [5, 5.41) is 8.39. The number of phosphoric acid groups is 1. The van der Waals surface area contributed by atoms with Gasteiger partial charge in [0.25, 0.3) is 0 Å². The van der Waals surface area contributed by atoms with E-state index in [-0.39, 0.29) is 13.2 Å². The minimum atomic E-state index is -4.17. The number of hydrogen-bond donors (Lipinski definition) is 3. The summed E-state index contributed by atoms with van der Waals surface area (Å²) in [7, 11) is 1.99. The summed E-state index contributed by atoms with van der Waals surface area (Å²) >= 11 is 0. The maximum atomic E-state index is 9.70. The van der Waals surface area contributed by atoms with Crippen molar-refractivity contribution in [2.24, 2.45) is 0 Å². The molecule has 0 aliphatic heterocycles. The van der Waals surface area contributed by atoms with Crippen molar-refractivity contribution in [3.63, 3.8) is 0 Å². The Kier molecular flexibility index (Phi) is 8.63. The van der Waals surface area contributed by atoms with Crippen LogP contribution >= 0.6 is 7.82 Å². The van der Waals surface area contributed by atoms with Gasteiger partial charge in [0.15, 0.2) is 0 Å². The van der Waals surface area contributed by atoms with Crippen LogP contribution in [-0.4, -0.2) is 60.3 Å². The number of aliphatic hydroxyl groups excluding tert-OH is 1. The molecule has 14 heavy (non-hydrogen) atoms. The largest absolute Gasteiger partial charge is 0.469 e. The molecule has 0 bridgehead atoms. The van der Waals surface area contributed by atoms with E-state index in [4.69, 9.17) is 14.9 Å². The van der Waals surface area contributed by atoms with E-state index in [9.17, 15) is 4.57 Å². The van der Waals surface area contributed by atoms with Crippen LogP contribution in [0.4, 0.5) is 0 Å². The molecule has 0 rings (SSSR count). The Morgan fingerprint density at radius 2 is 1.71 bits per heavy atom. The smallest absolute Gasteiger partial charge is 0.391 e. The van der Waals surface area contributed by atoms with E-state index >= 15 is 0 Å². The lowest BCUT2D eigenvalue weighted by atomic mass is 10.5. The average molecular weight is 230 g/mol. The van der Waals surface area contributed by atoms with E-state index in [1.165, 1.54) is 6.92 Å². The molecule has 0 radical (unpaired) electrons. The van der Waals surface area contributed by atoms with Crippen molar-refractivity contribution in [1.29, 1.82) is 0 Å². The van der Waals surface area contributed by atoms with Gasteiger partial charge in [0, 0.05) is 0 Å². The fourth-order valence-corrected chi connectivity index (χ4v) is 0.805. The van der Waals surface area contributed by atoms with Gasteiger partial charge in [-0.1, -0.05) is 0 Å². The molecule has 0 heterocycles. The summed E-state index contributed by atoms with van der Waals surface area (Å²) in [6.45, 7) is 2.67. The summed E-state index contributed by atoms with van der Waals surface area (Å²) in [5.41, 5.74) is 0. The molecule has 0 unspecified atom stereocenters. The molecule has 0 aromatic rings. The molecule has 0 amide bonds. The van der Waals surface area contributed by atoms with E-state index in [0.717, 1.165) is 11.0 Å². The van der Waals surface area contributed by atoms with Gasteiger partial charge in [-0.3, -0.25) is 4.52 Å². The van der Waals surface area contributed by atoms with Crippen molar-refractivity contribution in [2.45, 2.75) is 6.92 Å². The molecule has 0 saturated carbocycles. The monoisotopic (exact) mass is 230 g/mol. The van der Waals surface area contributed by atoms with Crippen LogP contribution in [0, 0.1) is 0 Å². The molecule has 0 aliphatic carbocycles. The lowest BCUT2D eigenvalue weighted by molar-refractivity contribution is -0.870. The third-order valence-electron chi connectivity index (χ3n) is 1.07. The predicted octanol–water partition coefficient (Wildman–Crippen LogP) is -0.199. The maximum Gasteiger partial charge on any atom is 0.469 e. The molecule has 88 valence electrons. The van der Waals surface area contributed by atoms with E-state index in [2.05, 4.69) is 25.7 Å². The second-order valence-corrected chi connectivity index (χ2v) is 4.89. The van der Waals surface area contributed by atoms with Crippen molar-refractivity contribution in [2.75, 3.05) is 40.9 Å². The van der Waals surface area contributed by atoms with E-state index in [0.29, 0.717) is 0 Å². The van der Waals surface area contributed by atoms with Crippen LogP contribution in [0.2, 0.25) is 0 Å². The van der Waals surface area contributed by atoms with Gasteiger partial charge in [0.1, 0.15) is 6.54 Å². The lowest BCUT2D eigenvalue weighted by Gasteiger charge is -2.21. The second-order valence-electron chi connectivity index (χ2n) is 3.65. The molecule has 0 aromatic heterocycles. The summed E-state index contributed by atoms with van der Waals surface area (Å²) in [6, 6.07) is 0. The first-order valence-electron chi connectivity index (χ1n) is 4.24. The third kappa shape index (κ3) is 22.7. The Labute approximate surface area is 85.0 Å². The Morgan fingerprint density at radius 3 is 1.71 bits per heavy atom. The molecule has 6 nitrogen and oxygen atoms in total. The van der Waals surface area contributed by atoms with Gasteiger partial charge in [0.05, 0.1) is 34.4 Å². The molecule has 0 saturated heterocycles. The van der Waals surface area contributed by atoms with Crippen molar-refractivity contribution < 1.29 is 28.5 Å². The summed E-state index contributed by atoms with van der Waals surface area (Å²) < 4.78 is 14.4. The number of likely N-dealkylation sites (N-methyl/N-ethyl adjacent to an activating group) is 1. The quantitative estimate of drug-likeness (QED) is 0.460. The number of quaternary nitrogens is 1. The minimum Gasteiger partial charge on any atom is -0.391 e. The molecular weight excluding hydrogens is 209 g/mol. The zero-order valence-electron chi connectivity index (χ0n) is 9.17. The molecular formula is C7H21NO5P+. The van der Waals surface area contributed by atoms with Gasteiger partial charge in [-0.2, -0.15) is 0 Å². The first-order valence-corrected chi connectivity index (χ1v) is 5.77. The maximum absolute atomic E-state index is 9.70. The van der Waals surface area contributed by atoms with Crippen LogP contribution in [0.5, 0.6) is 0 Å². The number of rotatable bonds is 4. The van der Waals surface area contributed by atoms with Crippen LogP contribution in [0.3, 0.4) is 0 Å². The summed E-state index contributed by atoms with van der Waals surface area (Å²) in [5.74, 6) is 0. The third-order valence-corrected chi connectivity index (χ3v) is 1.66. The van der Waals surface area contributed by atoms with Gasteiger partial charge >= 0.3 is 7.82 Å². The SMILES string of the molecule is CCOP(=O)(O)O.C[N+](C)(C)CCO. The van der Waals surface area contributed by atoms with Crippen molar-refractivity contribution >= 4 is 7.82 Å². The van der Waals surface area contributed by atoms with Crippen LogP contribution in [-0.2, 0) is 9.09 Å². The topological polar surface area (TPSA) is 87.0 Å². The van der Waals surface area contributed by atoms with E-state index in [1.54, 1.807) is 0 Å². The fourth-order valence-electron chi connectivity index (χ4n) is 0.468. The van der Waals surface area contributed by atoms with E-state index < -0.39 is 7.82 Å². The highest BCUT2D eigenvalue weighted by atomic mass is 31.2. The Bertz CT molecular complexity index is 173. The number of nitrogens with zero attached hydrogens (tertiary/aromatic N) is 1. The highest BCUT2D eigenvalue weighted by molar-refractivity contribution is 7.46. The lowest BCUT2D eigenvalue weighted by Crippen LogP contribution is -2.36. The second kappa shape index (κ2) is 7.34. The van der Waals surface area contributed by atoms with Crippen LogP contribution in [0.25, 0.3) is 0 Å². The van der Waals surface area contributed by atoms with Crippen molar-refractivity contribution in [3.8, 4) is 0 Å². The molecule has 7 heteroatoms. The van der Waals surface area contributed by atoms with Gasteiger partial charge < -0.3 is 19.4 Å². The number of phosphoric ester groups is 1. The fraction of sp³-hybridized carbons (Fsp3) is 1.00. The molecule has 0 atom stereocenters. The van der Waals surface area contributed by atoms with Crippen molar-refractivity contribution in [3.05, 3.63) is 0 Å². The Balaban J connectivity index is 0. The first-order chi connectivity index (χ1) is 6.12. The number of aliphatic hydroxyl groups is 1. The molecule has 3 N–H and O–H groups in total. The normalized spacial score (nSPS) is 11.9. The van der Waals surface area contributed by atoms with Gasteiger partial charge in [0.2, 0.25) is 0 Å². The molecule has 0 aromatic carbocycles. The predicted molar refractivity (Wildman–Crippen MR) is 53.7 cm³/mol. The average Bonchev–Trinajstić information content (AvgIpc) is 1.81. The van der Waals surface area contributed by atoms with Crippen LogP contribution in [0.15, 0.2) is 0 Å². The van der Waals surface area contributed by atoms with Crippen LogP contribution in [0.1, 0.15) is 6.92 Å². The van der Waals surface area contributed by atoms with Gasteiger partial charge in [-0.25, -0.2) is 4.57 Å². The number of hydrogen-bond acceptors (Lipinski definition) is 3. The molecule has 0 fully saturated rings. The minimum absolute atomic E-state index is 0.0459. The summed E-state index contributed by atoms with van der Waals surface area (Å²) in [4.78, 5) is 15.8. The summed E-state index contributed by atoms with van der Waals surface area (Å²) in [6.07, 6.45) is 0. The van der Waals surface area contributed by atoms with Gasteiger partial charge in [-0.05, 0) is 6.92 Å². The van der Waals surface area contributed by atoms with E-state index in [1.807, 2.05) is 0 Å². The Hall–Kier alpha value is 0.0300. The zero-order valence-corrected chi connectivity index (χ0v) is 10.1. The van der Waals surface area contributed by atoms with Gasteiger partial charge in [-0.15, -0.1) is 0 Å². The first kappa shape index (κ1) is 16.5. The van der Waals surface area contributed by atoms with Crippen LogP contribution < -0.4 is 0 Å². The molecule has 0 aliphatic rings. The highest BCUT2D eigenvalue weighted by Crippen LogP contribution is 2.34. The zero-order chi connectivity index (χ0) is 11.8. The standard InChI is InChI=1S/C5H14NO.C2H7O4P/c1-6(2,3)4-5-7;1-2-6-7(3,4)5/h7H,4-5H2,1-3H3;2H2,1H3,(H2,3,4,5)/q+1;. The van der Waals surface area contributed by atoms with Crippen molar-refractivity contribution in [1.82, 2.24) is 0 Å². The Morgan fingerprint density at radius 1 is 1.29 bits per heavy atom. The highest BCUT2D eigenvalue weighted by Gasteiger charge is 2.10. The molecule has 0 spiro atoms.